The van der Waals surface area contributed by atoms with E-state index in [9.17, 15) is 19.5 Å². The SMILES string of the molecule is Cc1cccc(-c2ccccc2C(=O)N(CC2CC2)C(CC2=CC=CCC2)(C(N)=O)C2=COC(C(=O)O)=CO2)c1. The summed E-state index contributed by atoms with van der Waals surface area (Å²) in [7, 11) is 0. The number of hydrogen-bond donors (Lipinski definition) is 2. The summed E-state index contributed by atoms with van der Waals surface area (Å²) >= 11 is 0. The number of primary amides is 1. The second-order valence-corrected chi connectivity index (χ2v) is 10.5. The van der Waals surface area contributed by atoms with Crippen LogP contribution in [0, 0.1) is 12.8 Å². The van der Waals surface area contributed by atoms with Crippen molar-refractivity contribution < 1.29 is 29.0 Å². The average Bonchev–Trinajstić information content (AvgIpc) is 3.79. The number of nitrogens with zero attached hydrogens (tertiary/aromatic N) is 1. The Morgan fingerprint density at radius 2 is 1.88 bits per heavy atom. The van der Waals surface area contributed by atoms with Gasteiger partial charge in [-0.2, -0.15) is 0 Å². The number of allylic oxidation sites excluding steroid dienone is 3. The van der Waals surface area contributed by atoms with Crippen molar-refractivity contribution in [2.45, 2.75) is 44.6 Å². The van der Waals surface area contributed by atoms with Crippen LogP contribution in [-0.4, -0.2) is 39.9 Å². The standard InChI is InChI=1S/C32H32N2O6/c1-21-8-7-11-24(16-21)25-12-5-6-13-26(25)29(35)34(18-23-14-15-23)32(31(33)38,17-22-9-3-2-4-10-22)28-20-39-27(19-40-28)30(36)37/h2-3,5-9,11-13,16,19-20,23H,4,10,14-15,17-18H2,1H3,(H2,33,38)(H,36,37). The Morgan fingerprint density at radius 1 is 1.07 bits per heavy atom. The zero-order valence-electron chi connectivity index (χ0n) is 22.3. The van der Waals surface area contributed by atoms with Gasteiger partial charge >= 0.3 is 5.97 Å². The summed E-state index contributed by atoms with van der Waals surface area (Å²) in [5.41, 5.74) is 8.46. The lowest BCUT2D eigenvalue weighted by molar-refractivity contribution is -0.136. The smallest absolute Gasteiger partial charge is 0.375 e. The van der Waals surface area contributed by atoms with Gasteiger partial charge in [-0.05, 0) is 55.7 Å². The monoisotopic (exact) mass is 540 g/mol. The summed E-state index contributed by atoms with van der Waals surface area (Å²) in [6.07, 6.45) is 11.3. The third-order valence-corrected chi connectivity index (χ3v) is 7.53. The number of carboxylic acids is 1. The first-order valence-corrected chi connectivity index (χ1v) is 13.4. The molecule has 206 valence electrons. The Bertz CT molecular complexity index is 1470. The van der Waals surface area contributed by atoms with E-state index in [1.54, 1.807) is 12.1 Å². The van der Waals surface area contributed by atoms with Crippen LogP contribution >= 0.6 is 0 Å². The fourth-order valence-electron chi connectivity index (χ4n) is 5.22. The second kappa shape index (κ2) is 11.3. The predicted molar refractivity (Wildman–Crippen MR) is 149 cm³/mol. The molecule has 8 heteroatoms. The molecule has 1 saturated carbocycles. The fourth-order valence-corrected chi connectivity index (χ4v) is 5.22. The van der Waals surface area contributed by atoms with Crippen LogP contribution in [0.25, 0.3) is 11.1 Å². The van der Waals surface area contributed by atoms with E-state index in [2.05, 4.69) is 0 Å². The Balaban J connectivity index is 1.65. The Kier molecular flexibility index (Phi) is 7.60. The van der Waals surface area contributed by atoms with Crippen LogP contribution < -0.4 is 5.73 Å². The van der Waals surface area contributed by atoms with Crippen molar-refractivity contribution in [3.05, 3.63) is 108 Å². The molecule has 0 aromatic heterocycles. The Morgan fingerprint density at radius 3 is 2.50 bits per heavy atom. The maximum absolute atomic E-state index is 14.6. The summed E-state index contributed by atoms with van der Waals surface area (Å²) in [6, 6.07) is 15.2. The first-order valence-electron chi connectivity index (χ1n) is 13.4. The van der Waals surface area contributed by atoms with E-state index in [1.807, 2.05) is 61.5 Å². The summed E-state index contributed by atoms with van der Waals surface area (Å²) in [6.45, 7) is 2.27. The molecule has 2 aromatic rings. The molecule has 0 radical (unpaired) electrons. The van der Waals surface area contributed by atoms with Crippen molar-refractivity contribution in [1.29, 1.82) is 0 Å². The third-order valence-electron chi connectivity index (χ3n) is 7.53. The molecule has 2 aliphatic carbocycles. The number of aliphatic carboxylic acids is 1. The van der Waals surface area contributed by atoms with Gasteiger partial charge in [-0.15, -0.1) is 0 Å². The van der Waals surface area contributed by atoms with Gasteiger partial charge < -0.3 is 25.2 Å². The average molecular weight is 541 g/mol. The van der Waals surface area contributed by atoms with Gasteiger partial charge in [-0.1, -0.05) is 71.8 Å². The third kappa shape index (κ3) is 5.43. The lowest BCUT2D eigenvalue weighted by Crippen LogP contribution is -2.62. The normalized spacial score (nSPS) is 17.8. The van der Waals surface area contributed by atoms with Crippen LogP contribution in [0.1, 0.15) is 48.0 Å². The van der Waals surface area contributed by atoms with Crippen molar-refractivity contribution >= 4 is 17.8 Å². The van der Waals surface area contributed by atoms with E-state index in [4.69, 9.17) is 15.2 Å². The number of carbonyl (C=O) groups is 3. The molecule has 0 spiro atoms. The molecule has 1 atom stereocenters. The highest BCUT2D eigenvalue weighted by molar-refractivity contribution is 6.04. The van der Waals surface area contributed by atoms with Gasteiger partial charge in [0.1, 0.15) is 12.5 Å². The largest absolute Gasteiger partial charge is 0.475 e. The summed E-state index contributed by atoms with van der Waals surface area (Å²) in [5.74, 6) is -2.74. The number of ether oxygens (including phenoxy) is 2. The van der Waals surface area contributed by atoms with E-state index in [0.717, 1.165) is 54.1 Å². The quantitative estimate of drug-likeness (QED) is 0.427. The minimum Gasteiger partial charge on any atom is -0.475 e. The van der Waals surface area contributed by atoms with Gasteiger partial charge in [0.2, 0.25) is 5.76 Å². The molecule has 1 unspecified atom stereocenters. The number of carbonyl (C=O) groups excluding carboxylic acids is 2. The van der Waals surface area contributed by atoms with Crippen molar-refractivity contribution in [3.63, 3.8) is 0 Å². The minimum atomic E-state index is -1.75. The molecule has 0 saturated heterocycles. The first-order chi connectivity index (χ1) is 19.3. The van der Waals surface area contributed by atoms with Crippen LogP contribution in [-0.2, 0) is 19.1 Å². The zero-order chi connectivity index (χ0) is 28.3. The molecular weight excluding hydrogens is 508 g/mol. The maximum Gasteiger partial charge on any atom is 0.375 e. The number of benzene rings is 2. The van der Waals surface area contributed by atoms with E-state index in [0.29, 0.717) is 12.0 Å². The summed E-state index contributed by atoms with van der Waals surface area (Å²) < 4.78 is 11.1. The summed E-state index contributed by atoms with van der Waals surface area (Å²) in [4.78, 5) is 41.3. The van der Waals surface area contributed by atoms with Gasteiger partial charge in [0, 0.05) is 18.5 Å². The maximum atomic E-state index is 14.6. The first kappa shape index (κ1) is 27.0. The Hall–Kier alpha value is -4.59. The highest BCUT2D eigenvalue weighted by atomic mass is 16.6. The number of amides is 2. The van der Waals surface area contributed by atoms with Crippen LogP contribution in [0.3, 0.4) is 0 Å². The number of hydrogen-bond acceptors (Lipinski definition) is 5. The van der Waals surface area contributed by atoms with Gasteiger partial charge in [-0.3, -0.25) is 9.59 Å². The second-order valence-electron chi connectivity index (χ2n) is 10.5. The van der Waals surface area contributed by atoms with E-state index >= 15 is 0 Å². The molecule has 5 rings (SSSR count). The molecule has 40 heavy (non-hydrogen) atoms. The van der Waals surface area contributed by atoms with E-state index < -0.39 is 23.2 Å². The molecule has 0 bridgehead atoms. The number of carboxylic acid groups (broad SMARTS) is 1. The molecular formula is C32H32N2O6. The van der Waals surface area contributed by atoms with Gasteiger partial charge in [0.05, 0.1) is 0 Å². The number of aryl methyl sites for hydroxylation is 1. The zero-order valence-corrected chi connectivity index (χ0v) is 22.3. The molecule has 1 fully saturated rings. The minimum absolute atomic E-state index is 0.0255. The topological polar surface area (TPSA) is 119 Å². The molecule has 1 aliphatic heterocycles. The fraction of sp³-hybridized carbons (Fsp3) is 0.281. The van der Waals surface area contributed by atoms with Gasteiger partial charge in [0.25, 0.3) is 11.8 Å². The lowest BCUT2D eigenvalue weighted by atomic mass is 9.82. The van der Waals surface area contributed by atoms with Crippen molar-refractivity contribution in [3.8, 4) is 11.1 Å². The van der Waals surface area contributed by atoms with Crippen LogP contribution in [0.15, 0.2) is 96.4 Å². The van der Waals surface area contributed by atoms with Gasteiger partial charge in [-0.25, -0.2) is 4.79 Å². The Labute approximate surface area is 233 Å². The van der Waals surface area contributed by atoms with Crippen molar-refractivity contribution in [2.24, 2.45) is 11.7 Å². The van der Waals surface area contributed by atoms with Crippen molar-refractivity contribution in [2.75, 3.05) is 6.54 Å². The van der Waals surface area contributed by atoms with E-state index in [1.165, 1.54) is 4.90 Å². The van der Waals surface area contributed by atoms with Crippen molar-refractivity contribution in [1.82, 2.24) is 4.90 Å². The van der Waals surface area contributed by atoms with Crippen LogP contribution in [0.5, 0.6) is 0 Å². The van der Waals surface area contributed by atoms with Crippen LogP contribution in [0.4, 0.5) is 0 Å². The lowest BCUT2D eigenvalue weighted by Gasteiger charge is -2.43. The van der Waals surface area contributed by atoms with E-state index in [-0.39, 0.29) is 30.5 Å². The molecule has 3 aliphatic rings. The summed E-state index contributed by atoms with van der Waals surface area (Å²) in [5, 5.41) is 9.35. The number of nitrogens with two attached hydrogens (primary N) is 1. The molecule has 3 N–H and O–H groups in total. The number of rotatable bonds is 10. The molecule has 2 amide bonds. The predicted octanol–water partition coefficient (Wildman–Crippen LogP) is 5.22. The molecule has 2 aromatic carbocycles. The molecule has 8 nitrogen and oxygen atoms in total. The van der Waals surface area contributed by atoms with Gasteiger partial charge in [0.15, 0.2) is 11.3 Å². The van der Waals surface area contributed by atoms with Crippen LogP contribution in [0.2, 0.25) is 0 Å². The highest BCUT2D eigenvalue weighted by Crippen LogP contribution is 2.42. The molecule has 1 heterocycles. The highest BCUT2D eigenvalue weighted by Gasteiger charge is 2.53.